The third-order valence-corrected chi connectivity index (χ3v) is 6.02. The van der Waals surface area contributed by atoms with Crippen LogP contribution in [0.15, 0.2) is 60.1 Å². The van der Waals surface area contributed by atoms with Crippen LogP contribution < -0.4 is 5.32 Å². The van der Waals surface area contributed by atoms with Crippen LogP contribution in [0.2, 0.25) is 0 Å². The molecule has 4 nitrogen and oxygen atoms in total. The molecule has 0 aliphatic heterocycles. The number of benzene rings is 2. The lowest BCUT2D eigenvalue weighted by Gasteiger charge is -2.11. The highest BCUT2D eigenvalue weighted by molar-refractivity contribution is 7.13. The maximum absolute atomic E-state index is 12.5. The molecule has 2 heterocycles. The number of thiophene rings is 1. The zero-order valence-electron chi connectivity index (χ0n) is 15.5. The molecule has 28 heavy (non-hydrogen) atoms. The second kappa shape index (κ2) is 6.84. The highest BCUT2D eigenvalue weighted by Gasteiger charge is 2.24. The number of carbonyl (C=O) groups is 1. The van der Waals surface area contributed by atoms with Crippen LogP contribution in [0.1, 0.15) is 28.8 Å². The summed E-state index contributed by atoms with van der Waals surface area (Å²) < 4.78 is 0. The van der Waals surface area contributed by atoms with Crippen LogP contribution >= 0.6 is 11.3 Å². The predicted octanol–water partition coefficient (Wildman–Crippen LogP) is 5.23. The molecule has 2 aromatic carbocycles. The maximum atomic E-state index is 12.5. The third kappa shape index (κ3) is 3.18. The van der Waals surface area contributed by atoms with Crippen LogP contribution in [-0.2, 0) is 0 Å². The summed E-state index contributed by atoms with van der Waals surface area (Å²) in [6.07, 6.45) is 3.97. The molecular formula is C23H19N3OS. The van der Waals surface area contributed by atoms with E-state index < -0.39 is 0 Å². The third-order valence-electron chi connectivity index (χ3n) is 5.14. The lowest BCUT2D eigenvalue weighted by atomic mass is 9.96. The summed E-state index contributed by atoms with van der Waals surface area (Å²) in [4.78, 5) is 13.6. The lowest BCUT2D eigenvalue weighted by molar-refractivity contribution is 0.0951. The van der Waals surface area contributed by atoms with E-state index in [-0.39, 0.29) is 5.91 Å². The molecular weight excluding hydrogens is 366 g/mol. The van der Waals surface area contributed by atoms with E-state index in [0.717, 1.165) is 50.9 Å². The van der Waals surface area contributed by atoms with Gasteiger partial charge in [-0.25, -0.2) is 0 Å². The largest absolute Gasteiger partial charge is 0.349 e. The SMILES string of the molecule is Cc1ccc(C(=O)NC2CC2)cc1-c1ccc2c(-c3cccs3)nncc2c1. The number of rotatable bonds is 4. The van der Waals surface area contributed by atoms with Gasteiger partial charge < -0.3 is 5.32 Å². The molecule has 0 radical (unpaired) electrons. The fourth-order valence-corrected chi connectivity index (χ4v) is 4.14. The molecule has 0 bridgehead atoms. The Morgan fingerprint density at radius 2 is 2.04 bits per heavy atom. The van der Waals surface area contributed by atoms with Crippen molar-refractivity contribution in [1.29, 1.82) is 0 Å². The van der Waals surface area contributed by atoms with Crippen molar-refractivity contribution in [3.63, 3.8) is 0 Å². The summed E-state index contributed by atoms with van der Waals surface area (Å²) in [5, 5.41) is 15.8. The summed E-state index contributed by atoms with van der Waals surface area (Å²) >= 11 is 1.66. The van der Waals surface area contributed by atoms with E-state index in [4.69, 9.17) is 0 Å². The van der Waals surface area contributed by atoms with Crippen LogP contribution in [0.5, 0.6) is 0 Å². The number of hydrogen-bond acceptors (Lipinski definition) is 4. The van der Waals surface area contributed by atoms with Crippen LogP contribution in [0.25, 0.3) is 32.5 Å². The summed E-state index contributed by atoms with van der Waals surface area (Å²) in [5.41, 5.74) is 4.91. The maximum Gasteiger partial charge on any atom is 0.251 e. The Hall–Kier alpha value is -3.05. The highest BCUT2D eigenvalue weighted by Crippen LogP contribution is 2.33. The zero-order chi connectivity index (χ0) is 19.1. The van der Waals surface area contributed by atoms with Crippen molar-refractivity contribution in [1.82, 2.24) is 15.5 Å². The van der Waals surface area contributed by atoms with Gasteiger partial charge in [0.25, 0.3) is 5.91 Å². The van der Waals surface area contributed by atoms with Gasteiger partial charge in [0.2, 0.25) is 0 Å². The predicted molar refractivity (Wildman–Crippen MR) is 114 cm³/mol. The van der Waals surface area contributed by atoms with Gasteiger partial charge in [-0.15, -0.1) is 16.4 Å². The molecule has 1 amide bonds. The van der Waals surface area contributed by atoms with Crippen molar-refractivity contribution in [2.75, 3.05) is 0 Å². The van der Waals surface area contributed by atoms with E-state index >= 15 is 0 Å². The van der Waals surface area contributed by atoms with Gasteiger partial charge >= 0.3 is 0 Å². The van der Waals surface area contributed by atoms with Crippen molar-refractivity contribution in [2.24, 2.45) is 0 Å². The van der Waals surface area contributed by atoms with Crippen molar-refractivity contribution < 1.29 is 4.79 Å². The van der Waals surface area contributed by atoms with Crippen molar-refractivity contribution in [2.45, 2.75) is 25.8 Å². The molecule has 0 spiro atoms. The van der Waals surface area contributed by atoms with E-state index in [2.05, 4.69) is 46.7 Å². The van der Waals surface area contributed by atoms with Gasteiger partial charge in [-0.05, 0) is 66.1 Å². The topological polar surface area (TPSA) is 54.9 Å². The molecule has 5 rings (SSSR count). The number of nitrogens with one attached hydrogen (secondary N) is 1. The molecule has 2 aromatic heterocycles. The van der Waals surface area contributed by atoms with Gasteiger partial charge in [0.1, 0.15) is 5.69 Å². The van der Waals surface area contributed by atoms with Gasteiger partial charge in [0.15, 0.2) is 0 Å². The quantitative estimate of drug-likeness (QED) is 0.524. The number of aromatic nitrogens is 2. The van der Waals surface area contributed by atoms with E-state index in [1.807, 2.05) is 29.6 Å². The summed E-state index contributed by atoms with van der Waals surface area (Å²) in [5.74, 6) is 0.00962. The average molecular weight is 385 g/mol. The fourth-order valence-electron chi connectivity index (χ4n) is 3.42. The normalized spacial score (nSPS) is 13.6. The zero-order valence-corrected chi connectivity index (χ0v) is 16.3. The van der Waals surface area contributed by atoms with Gasteiger partial charge in [0, 0.05) is 22.4 Å². The van der Waals surface area contributed by atoms with E-state index in [1.54, 1.807) is 17.5 Å². The second-order valence-corrected chi connectivity index (χ2v) is 8.20. The molecule has 0 atom stereocenters. The Kier molecular flexibility index (Phi) is 4.17. The van der Waals surface area contributed by atoms with Gasteiger partial charge in [-0.1, -0.05) is 24.3 Å². The first-order valence-electron chi connectivity index (χ1n) is 9.40. The smallest absolute Gasteiger partial charge is 0.251 e. The Labute approximate surface area is 167 Å². The molecule has 5 heteroatoms. The molecule has 1 fully saturated rings. The minimum Gasteiger partial charge on any atom is -0.349 e. The number of hydrogen-bond donors (Lipinski definition) is 1. The first kappa shape index (κ1) is 17.1. The number of nitrogens with zero attached hydrogens (tertiary/aromatic N) is 2. The molecule has 1 saturated carbocycles. The Balaban J connectivity index is 1.57. The van der Waals surface area contributed by atoms with Crippen LogP contribution in [0.4, 0.5) is 0 Å². The number of aryl methyl sites for hydroxylation is 1. The van der Waals surface area contributed by atoms with E-state index in [1.165, 1.54) is 0 Å². The molecule has 0 saturated heterocycles. The highest BCUT2D eigenvalue weighted by atomic mass is 32.1. The van der Waals surface area contributed by atoms with E-state index in [0.29, 0.717) is 11.6 Å². The molecule has 1 N–H and O–H groups in total. The molecule has 0 unspecified atom stereocenters. The van der Waals surface area contributed by atoms with Crippen molar-refractivity contribution in [3.8, 4) is 21.7 Å². The van der Waals surface area contributed by atoms with Crippen LogP contribution in [-0.4, -0.2) is 22.1 Å². The summed E-state index contributed by atoms with van der Waals surface area (Å²) in [6, 6.07) is 16.7. The standard InChI is InChI=1S/C23H19N3OS/c1-14-4-5-16(23(27)25-18-7-8-18)12-20(14)15-6-9-19-17(11-15)13-24-26-22(19)21-3-2-10-28-21/h2-6,9-13,18H,7-8H2,1H3,(H,25,27). The average Bonchev–Trinajstić information content (AvgIpc) is 3.36. The van der Waals surface area contributed by atoms with Crippen LogP contribution in [0, 0.1) is 6.92 Å². The van der Waals surface area contributed by atoms with Gasteiger partial charge in [0.05, 0.1) is 11.1 Å². The lowest BCUT2D eigenvalue weighted by Crippen LogP contribution is -2.25. The Morgan fingerprint density at radius 3 is 2.82 bits per heavy atom. The fraction of sp³-hybridized carbons (Fsp3) is 0.174. The van der Waals surface area contributed by atoms with Gasteiger partial charge in [-0.3, -0.25) is 4.79 Å². The minimum absolute atomic E-state index is 0.00962. The monoisotopic (exact) mass is 385 g/mol. The molecule has 1 aliphatic rings. The van der Waals surface area contributed by atoms with Crippen molar-refractivity contribution in [3.05, 3.63) is 71.2 Å². The van der Waals surface area contributed by atoms with Gasteiger partial charge in [-0.2, -0.15) is 5.10 Å². The number of fused-ring (bicyclic) bond motifs is 1. The minimum atomic E-state index is 0.00962. The van der Waals surface area contributed by atoms with E-state index in [9.17, 15) is 4.79 Å². The molecule has 1 aliphatic carbocycles. The Morgan fingerprint density at radius 1 is 1.14 bits per heavy atom. The Bertz CT molecular complexity index is 1180. The van der Waals surface area contributed by atoms with Crippen molar-refractivity contribution >= 4 is 28.0 Å². The van der Waals surface area contributed by atoms with Crippen LogP contribution in [0.3, 0.4) is 0 Å². The summed E-state index contributed by atoms with van der Waals surface area (Å²) in [7, 11) is 0. The number of carbonyl (C=O) groups excluding carboxylic acids is 1. The molecule has 4 aromatic rings. The first-order valence-corrected chi connectivity index (χ1v) is 10.3. The summed E-state index contributed by atoms with van der Waals surface area (Å²) in [6.45, 7) is 2.07. The first-order chi connectivity index (χ1) is 13.7. The molecule has 138 valence electrons. The second-order valence-electron chi connectivity index (χ2n) is 7.25. The number of amides is 1.